The number of fused-ring (bicyclic) bond motifs is 1. The van der Waals surface area contributed by atoms with Gasteiger partial charge in [-0.05, 0) is 61.1 Å². The highest BCUT2D eigenvalue weighted by molar-refractivity contribution is 5.95. The van der Waals surface area contributed by atoms with Crippen LogP contribution in [0, 0.1) is 0 Å². The van der Waals surface area contributed by atoms with Crippen LogP contribution in [-0.2, 0) is 14.9 Å². The molecule has 2 aromatic carbocycles. The van der Waals surface area contributed by atoms with Gasteiger partial charge >= 0.3 is 0 Å². The number of amides is 1. The number of nitrogens with zero attached hydrogens (tertiary/aromatic N) is 1. The number of aromatic amines is 1. The third kappa shape index (κ3) is 4.49. The molecule has 0 bridgehead atoms. The van der Waals surface area contributed by atoms with Crippen LogP contribution in [0.2, 0.25) is 0 Å². The van der Waals surface area contributed by atoms with Gasteiger partial charge < -0.3 is 19.8 Å². The van der Waals surface area contributed by atoms with E-state index in [0.717, 1.165) is 36.3 Å². The smallest absolute Gasteiger partial charge is 0.265 e. The highest BCUT2D eigenvalue weighted by Crippen LogP contribution is 2.29. The zero-order valence-corrected chi connectivity index (χ0v) is 18.0. The van der Waals surface area contributed by atoms with E-state index in [2.05, 4.69) is 42.1 Å². The zero-order valence-electron chi connectivity index (χ0n) is 18.0. The van der Waals surface area contributed by atoms with Crippen LogP contribution in [0.1, 0.15) is 58.0 Å². The second-order valence-electron chi connectivity index (χ2n) is 8.88. The summed E-state index contributed by atoms with van der Waals surface area (Å²) in [6.07, 6.45) is 1.45. The molecular formula is C24H29N3O3. The third-order valence-corrected chi connectivity index (χ3v) is 5.38. The van der Waals surface area contributed by atoms with E-state index in [4.69, 9.17) is 9.47 Å². The number of anilines is 1. The van der Waals surface area contributed by atoms with Crippen molar-refractivity contribution in [3.63, 3.8) is 0 Å². The van der Waals surface area contributed by atoms with Gasteiger partial charge in [0.2, 0.25) is 0 Å². The Kier molecular flexibility index (Phi) is 5.52. The Balaban J connectivity index is 1.43. The first-order chi connectivity index (χ1) is 14.3. The SMILES string of the molecule is C[C@@H](Oc1cccc(C(C)(C)C)c1)C(=O)Nc1ccc2nc([C@@H]3CCCO3)[nH]c2c1. The highest BCUT2D eigenvalue weighted by atomic mass is 16.5. The van der Waals surface area contributed by atoms with Crippen molar-refractivity contribution in [1.82, 2.24) is 9.97 Å². The lowest BCUT2D eigenvalue weighted by Crippen LogP contribution is -2.30. The maximum Gasteiger partial charge on any atom is 0.265 e. The Labute approximate surface area is 177 Å². The van der Waals surface area contributed by atoms with Crippen molar-refractivity contribution in [3.8, 4) is 5.75 Å². The van der Waals surface area contributed by atoms with Crippen LogP contribution in [0.4, 0.5) is 5.69 Å². The number of H-pyrrole nitrogens is 1. The second kappa shape index (κ2) is 8.11. The number of carbonyl (C=O) groups excluding carboxylic acids is 1. The molecule has 1 aliphatic rings. The number of aromatic nitrogens is 2. The van der Waals surface area contributed by atoms with E-state index in [1.807, 2.05) is 36.4 Å². The minimum absolute atomic E-state index is 0.0206. The molecule has 6 nitrogen and oxygen atoms in total. The van der Waals surface area contributed by atoms with E-state index in [1.54, 1.807) is 6.92 Å². The minimum atomic E-state index is -0.625. The monoisotopic (exact) mass is 407 g/mol. The lowest BCUT2D eigenvalue weighted by atomic mass is 9.87. The summed E-state index contributed by atoms with van der Waals surface area (Å²) in [5, 5.41) is 2.93. The van der Waals surface area contributed by atoms with Gasteiger partial charge in [-0.3, -0.25) is 4.79 Å². The summed E-state index contributed by atoms with van der Waals surface area (Å²) in [7, 11) is 0. The molecule has 6 heteroatoms. The Morgan fingerprint density at radius 2 is 2.10 bits per heavy atom. The molecule has 0 spiro atoms. The minimum Gasteiger partial charge on any atom is -0.481 e. The van der Waals surface area contributed by atoms with Gasteiger partial charge in [0.15, 0.2) is 6.10 Å². The fraction of sp³-hybridized carbons (Fsp3) is 0.417. The zero-order chi connectivity index (χ0) is 21.3. The van der Waals surface area contributed by atoms with Crippen LogP contribution >= 0.6 is 0 Å². The summed E-state index contributed by atoms with van der Waals surface area (Å²) < 4.78 is 11.6. The Bertz CT molecular complexity index is 1050. The molecule has 1 saturated heterocycles. The van der Waals surface area contributed by atoms with Gasteiger partial charge in [0.25, 0.3) is 5.91 Å². The van der Waals surface area contributed by atoms with Crippen LogP contribution in [0.5, 0.6) is 5.75 Å². The van der Waals surface area contributed by atoms with E-state index in [1.165, 1.54) is 5.56 Å². The maximum atomic E-state index is 12.7. The molecule has 2 N–H and O–H groups in total. The molecule has 1 amide bonds. The second-order valence-corrected chi connectivity index (χ2v) is 8.88. The van der Waals surface area contributed by atoms with Crippen molar-refractivity contribution in [2.75, 3.05) is 11.9 Å². The normalized spacial score (nSPS) is 17.8. The van der Waals surface area contributed by atoms with Crippen LogP contribution < -0.4 is 10.1 Å². The van der Waals surface area contributed by atoms with E-state index >= 15 is 0 Å². The van der Waals surface area contributed by atoms with E-state index in [-0.39, 0.29) is 17.4 Å². The van der Waals surface area contributed by atoms with Crippen molar-refractivity contribution in [2.24, 2.45) is 0 Å². The standard InChI is InChI=1S/C24H29N3O3/c1-15(30-18-8-5-7-16(13-18)24(2,3)4)23(28)25-17-10-11-19-20(14-17)27-22(26-19)21-9-6-12-29-21/h5,7-8,10-11,13-15,21H,6,9,12H2,1-4H3,(H,25,28)(H,26,27)/t15-,21+/m1/s1. The van der Waals surface area contributed by atoms with Gasteiger partial charge in [0.1, 0.15) is 17.7 Å². The number of ether oxygens (including phenoxy) is 2. The molecule has 0 unspecified atom stereocenters. The fourth-order valence-corrected chi connectivity index (χ4v) is 3.59. The van der Waals surface area contributed by atoms with Gasteiger partial charge in [-0.2, -0.15) is 0 Å². The summed E-state index contributed by atoms with van der Waals surface area (Å²) in [5.41, 5.74) is 3.63. The highest BCUT2D eigenvalue weighted by Gasteiger charge is 2.22. The van der Waals surface area contributed by atoms with Crippen LogP contribution in [-0.4, -0.2) is 28.6 Å². The van der Waals surface area contributed by atoms with Crippen molar-refractivity contribution in [2.45, 2.75) is 58.2 Å². The molecule has 2 heterocycles. The molecule has 30 heavy (non-hydrogen) atoms. The van der Waals surface area contributed by atoms with Gasteiger partial charge in [-0.25, -0.2) is 4.98 Å². The van der Waals surface area contributed by atoms with Crippen molar-refractivity contribution >= 4 is 22.6 Å². The maximum absolute atomic E-state index is 12.7. The largest absolute Gasteiger partial charge is 0.481 e. The number of hydrogen-bond acceptors (Lipinski definition) is 4. The molecule has 2 atom stereocenters. The first kappa shape index (κ1) is 20.4. The number of rotatable bonds is 5. The lowest BCUT2D eigenvalue weighted by Gasteiger charge is -2.21. The van der Waals surface area contributed by atoms with Crippen LogP contribution in [0.25, 0.3) is 11.0 Å². The van der Waals surface area contributed by atoms with Crippen molar-refractivity contribution in [1.29, 1.82) is 0 Å². The molecule has 0 aliphatic carbocycles. The average Bonchev–Trinajstić information content (AvgIpc) is 3.36. The topological polar surface area (TPSA) is 76.2 Å². The number of hydrogen-bond donors (Lipinski definition) is 2. The summed E-state index contributed by atoms with van der Waals surface area (Å²) in [6.45, 7) is 8.98. The molecule has 1 aliphatic heterocycles. The summed E-state index contributed by atoms with van der Waals surface area (Å²) in [5.74, 6) is 1.34. The lowest BCUT2D eigenvalue weighted by molar-refractivity contribution is -0.122. The Hall–Kier alpha value is -2.86. The van der Waals surface area contributed by atoms with Gasteiger partial charge in [0.05, 0.1) is 11.0 Å². The third-order valence-electron chi connectivity index (χ3n) is 5.38. The Morgan fingerprint density at radius 1 is 1.27 bits per heavy atom. The molecule has 0 saturated carbocycles. The molecule has 1 aromatic heterocycles. The molecule has 0 radical (unpaired) electrons. The first-order valence-electron chi connectivity index (χ1n) is 10.5. The Morgan fingerprint density at radius 3 is 2.83 bits per heavy atom. The summed E-state index contributed by atoms with van der Waals surface area (Å²) >= 11 is 0. The molecule has 158 valence electrons. The van der Waals surface area contributed by atoms with Crippen molar-refractivity contribution < 1.29 is 14.3 Å². The predicted octanol–water partition coefficient (Wildman–Crippen LogP) is 5.12. The van der Waals surface area contributed by atoms with Gasteiger partial charge in [-0.15, -0.1) is 0 Å². The van der Waals surface area contributed by atoms with Crippen LogP contribution in [0.3, 0.4) is 0 Å². The van der Waals surface area contributed by atoms with Gasteiger partial charge in [0, 0.05) is 12.3 Å². The average molecular weight is 408 g/mol. The van der Waals surface area contributed by atoms with E-state index < -0.39 is 6.10 Å². The molecular weight excluding hydrogens is 378 g/mol. The number of carbonyl (C=O) groups is 1. The van der Waals surface area contributed by atoms with E-state index in [9.17, 15) is 4.79 Å². The number of benzene rings is 2. The number of imidazole rings is 1. The van der Waals surface area contributed by atoms with Crippen molar-refractivity contribution in [3.05, 3.63) is 53.9 Å². The molecule has 3 aromatic rings. The quantitative estimate of drug-likeness (QED) is 0.616. The predicted molar refractivity (Wildman–Crippen MR) is 118 cm³/mol. The molecule has 1 fully saturated rings. The van der Waals surface area contributed by atoms with Gasteiger partial charge in [-0.1, -0.05) is 32.9 Å². The summed E-state index contributed by atoms with van der Waals surface area (Å²) in [4.78, 5) is 20.6. The molecule has 4 rings (SSSR count). The van der Waals surface area contributed by atoms with Crippen LogP contribution in [0.15, 0.2) is 42.5 Å². The summed E-state index contributed by atoms with van der Waals surface area (Å²) in [6, 6.07) is 13.5. The number of nitrogens with one attached hydrogen (secondary N) is 2. The van der Waals surface area contributed by atoms with E-state index in [0.29, 0.717) is 11.4 Å². The fourth-order valence-electron chi connectivity index (χ4n) is 3.59. The first-order valence-corrected chi connectivity index (χ1v) is 10.5.